The van der Waals surface area contributed by atoms with E-state index in [-0.39, 0.29) is 0 Å². The third kappa shape index (κ3) is 5.68. The van der Waals surface area contributed by atoms with Crippen molar-refractivity contribution in [3.63, 3.8) is 0 Å². The Morgan fingerprint density at radius 1 is 1.29 bits per heavy atom. The second-order valence-electron chi connectivity index (χ2n) is 6.34. The number of benzene rings is 1. The maximum Gasteiger partial charge on any atom is 0.123 e. The molecule has 0 radical (unpaired) electrons. The molecule has 1 aliphatic carbocycles. The first kappa shape index (κ1) is 16.3. The molecule has 1 N–H and O–H groups in total. The number of likely N-dealkylation sites (N-methyl/N-ethyl adjacent to an activating group) is 1. The van der Waals surface area contributed by atoms with Gasteiger partial charge in [-0.1, -0.05) is 39.0 Å². The highest BCUT2D eigenvalue weighted by atomic mass is 16.5. The standard InChI is InChI=1S/C18H30N2O/c1-4-20(17-9-10-17)11-12-21-18-8-6-5-7-16(18)14-19-13-15(2)3/h5-8,15,17,19H,4,9-14H2,1-3H3. The molecular formula is C18H30N2O. The topological polar surface area (TPSA) is 24.5 Å². The first-order valence-corrected chi connectivity index (χ1v) is 8.36. The minimum Gasteiger partial charge on any atom is -0.492 e. The monoisotopic (exact) mass is 290 g/mol. The van der Waals surface area contributed by atoms with Crippen molar-refractivity contribution in [2.45, 2.75) is 46.2 Å². The van der Waals surface area contributed by atoms with Crippen LogP contribution in [0.2, 0.25) is 0 Å². The van der Waals surface area contributed by atoms with Crippen LogP contribution in [0, 0.1) is 5.92 Å². The molecule has 21 heavy (non-hydrogen) atoms. The smallest absolute Gasteiger partial charge is 0.123 e. The van der Waals surface area contributed by atoms with Crippen LogP contribution in [0.5, 0.6) is 5.75 Å². The molecule has 118 valence electrons. The third-order valence-electron chi connectivity index (χ3n) is 3.95. The van der Waals surface area contributed by atoms with Crippen molar-refractivity contribution in [3.8, 4) is 5.75 Å². The molecule has 0 aliphatic heterocycles. The van der Waals surface area contributed by atoms with E-state index in [1.807, 2.05) is 0 Å². The highest BCUT2D eigenvalue weighted by molar-refractivity contribution is 5.33. The number of hydrogen-bond donors (Lipinski definition) is 1. The van der Waals surface area contributed by atoms with Crippen molar-refractivity contribution >= 4 is 0 Å². The Bertz CT molecular complexity index is 415. The molecule has 2 rings (SSSR count). The van der Waals surface area contributed by atoms with E-state index in [1.54, 1.807) is 0 Å². The summed E-state index contributed by atoms with van der Waals surface area (Å²) in [5, 5.41) is 3.49. The van der Waals surface area contributed by atoms with E-state index in [1.165, 1.54) is 18.4 Å². The van der Waals surface area contributed by atoms with Gasteiger partial charge in [-0.25, -0.2) is 0 Å². The Kier molecular flexibility index (Phi) is 6.52. The lowest BCUT2D eigenvalue weighted by molar-refractivity contribution is 0.208. The predicted molar refractivity (Wildman–Crippen MR) is 88.8 cm³/mol. The summed E-state index contributed by atoms with van der Waals surface area (Å²) < 4.78 is 6.02. The highest BCUT2D eigenvalue weighted by Gasteiger charge is 2.27. The van der Waals surface area contributed by atoms with Crippen molar-refractivity contribution in [1.29, 1.82) is 0 Å². The number of ether oxygens (including phenoxy) is 1. The minimum atomic E-state index is 0.676. The summed E-state index contributed by atoms with van der Waals surface area (Å²) in [6, 6.07) is 9.20. The summed E-state index contributed by atoms with van der Waals surface area (Å²) in [6.45, 7) is 11.6. The van der Waals surface area contributed by atoms with E-state index in [0.717, 1.165) is 44.6 Å². The maximum atomic E-state index is 6.02. The van der Waals surface area contributed by atoms with Crippen molar-refractivity contribution in [1.82, 2.24) is 10.2 Å². The molecule has 0 bridgehead atoms. The zero-order chi connectivity index (χ0) is 15.1. The van der Waals surface area contributed by atoms with Gasteiger partial charge in [0, 0.05) is 24.7 Å². The van der Waals surface area contributed by atoms with Crippen molar-refractivity contribution < 1.29 is 4.74 Å². The highest BCUT2D eigenvalue weighted by Crippen LogP contribution is 2.26. The summed E-state index contributed by atoms with van der Waals surface area (Å²) in [4.78, 5) is 2.53. The van der Waals surface area contributed by atoms with Crippen molar-refractivity contribution in [3.05, 3.63) is 29.8 Å². The summed E-state index contributed by atoms with van der Waals surface area (Å²) >= 11 is 0. The molecule has 1 fully saturated rings. The van der Waals surface area contributed by atoms with Crippen LogP contribution >= 0.6 is 0 Å². The molecule has 0 heterocycles. The molecule has 0 aromatic heterocycles. The van der Waals surface area contributed by atoms with Gasteiger partial charge in [-0.05, 0) is 37.9 Å². The molecule has 0 saturated heterocycles. The van der Waals surface area contributed by atoms with Gasteiger partial charge in [-0.2, -0.15) is 0 Å². The summed E-state index contributed by atoms with van der Waals surface area (Å²) in [5.74, 6) is 1.70. The van der Waals surface area contributed by atoms with E-state index in [2.05, 4.69) is 55.3 Å². The Balaban J connectivity index is 1.78. The van der Waals surface area contributed by atoms with Crippen LogP contribution in [0.4, 0.5) is 0 Å². The Hall–Kier alpha value is -1.06. The van der Waals surface area contributed by atoms with Crippen molar-refractivity contribution in [2.75, 3.05) is 26.2 Å². The summed E-state index contributed by atoms with van der Waals surface area (Å²) in [7, 11) is 0. The fourth-order valence-corrected chi connectivity index (χ4v) is 2.60. The third-order valence-corrected chi connectivity index (χ3v) is 3.95. The normalized spacial score (nSPS) is 14.9. The van der Waals surface area contributed by atoms with Gasteiger partial charge in [0.05, 0.1) is 0 Å². The van der Waals surface area contributed by atoms with Gasteiger partial charge in [0.15, 0.2) is 0 Å². The van der Waals surface area contributed by atoms with Crippen LogP contribution in [0.1, 0.15) is 39.2 Å². The number of rotatable bonds is 10. The zero-order valence-electron chi connectivity index (χ0n) is 13.8. The molecule has 1 aromatic rings. The predicted octanol–water partition coefficient (Wildman–Crippen LogP) is 3.30. The quantitative estimate of drug-likeness (QED) is 0.715. The average molecular weight is 290 g/mol. The van der Waals surface area contributed by atoms with Gasteiger partial charge in [-0.3, -0.25) is 4.90 Å². The first-order chi connectivity index (χ1) is 10.2. The van der Waals surface area contributed by atoms with Gasteiger partial charge in [-0.15, -0.1) is 0 Å². The van der Waals surface area contributed by atoms with Crippen LogP contribution < -0.4 is 10.1 Å². The minimum absolute atomic E-state index is 0.676. The molecular weight excluding hydrogens is 260 g/mol. The van der Waals surface area contributed by atoms with Crippen LogP contribution in [0.15, 0.2) is 24.3 Å². The van der Waals surface area contributed by atoms with Crippen LogP contribution in [0.25, 0.3) is 0 Å². The maximum absolute atomic E-state index is 6.02. The van der Waals surface area contributed by atoms with Crippen LogP contribution in [-0.4, -0.2) is 37.2 Å². The molecule has 0 unspecified atom stereocenters. The molecule has 1 aliphatic rings. The fraction of sp³-hybridized carbons (Fsp3) is 0.667. The fourth-order valence-electron chi connectivity index (χ4n) is 2.60. The van der Waals surface area contributed by atoms with E-state index in [9.17, 15) is 0 Å². The largest absolute Gasteiger partial charge is 0.492 e. The molecule has 3 nitrogen and oxygen atoms in total. The van der Waals surface area contributed by atoms with E-state index in [4.69, 9.17) is 4.74 Å². The lowest BCUT2D eigenvalue weighted by Gasteiger charge is -2.20. The molecule has 3 heteroatoms. The van der Waals surface area contributed by atoms with Crippen LogP contribution in [0.3, 0.4) is 0 Å². The number of para-hydroxylation sites is 1. The molecule has 0 atom stereocenters. The van der Waals surface area contributed by atoms with Crippen molar-refractivity contribution in [2.24, 2.45) is 5.92 Å². The SMILES string of the molecule is CCN(CCOc1ccccc1CNCC(C)C)C1CC1. The second-order valence-corrected chi connectivity index (χ2v) is 6.34. The first-order valence-electron chi connectivity index (χ1n) is 8.36. The Morgan fingerprint density at radius 3 is 2.71 bits per heavy atom. The summed E-state index contributed by atoms with van der Waals surface area (Å²) in [5.41, 5.74) is 1.26. The van der Waals surface area contributed by atoms with Gasteiger partial charge < -0.3 is 10.1 Å². The number of hydrogen-bond acceptors (Lipinski definition) is 3. The molecule has 1 aromatic carbocycles. The summed E-state index contributed by atoms with van der Waals surface area (Å²) in [6.07, 6.45) is 2.73. The van der Waals surface area contributed by atoms with E-state index < -0.39 is 0 Å². The molecule has 0 amide bonds. The van der Waals surface area contributed by atoms with Crippen LogP contribution in [-0.2, 0) is 6.54 Å². The molecule has 0 spiro atoms. The Morgan fingerprint density at radius 2 is 2.05 bits per heavy atom. The van der Waals surface area contributed by atoms with Gasteiger partial charge in [0.1, 0.15) is 12.4 Å². The van der Waals surface area contributed by atoms with Gasteiger partial charge >= 0.3 is 0 Å². The zero-order valence-corrected chi connectivity index (χ0v) is 13.8. The van der Waals surface area contributed by atoms with E-state index in [0.29, 0.717) is 5.92 Å². The lowest BCUT2D eigenvalue weighted by atomic mass is 10.2. The number of nitrogens with one attached hydrogen (secondary N) is 1. The van der Waals surface area contributed by atoms with E-state index >= 15 is 0 Å². The average Bonchev–Trinajstić information content (AvgIpc) is 3.29. The lowest BCUT2D eigenvalue weighted by Crippen LogP contribution is -2.30. The Labute approximate surface area is 129 Å². The molecule has 1 saturated carbocycles. The van der Waals surface area contributed by atoms with Gasteiger partial charge in [0.2, 0.25) is 0 Å². The number of nitrogens with zero attached hydrogens (tertiary/aromatic N) is 1. The van der Waals surface area contributed by atoms with Gasteiger partial charge in [0.25, 0.3) is 0 Å². The second kappa shape index (κ2) is 8.40.